The van der Waals surface area contributed by atoms with Gasteiger partial charge in [-0.1, -0.05) is 97.9 Å². The number of aromatic nitrogens is 1. The number of rotatable bonds is 15. The van der Waals surface area contributed by atoms with Crippen LogP contribution >= 0.6 is 0 Å². The van der Waals surface area contributed by atoms with Gasteiger partial charge in [0.25, 0.3) is 11.8 Å². The zero-order valence-electron chi connectivity index (χ0n) is 33.4. The first-order valence-electron chi connectivity index (χ1n) is 20.0. The maximum Gasteiger partial charge on any atom is 0.289 e. The number of pyridine rings is 1. The molecule has 5 amide bonds. The van der Waals surface area contributed by atoms with E-state index in [0.717, 1.165) is 55.8 Å². The van der Waals surface area contributed by atoms with Crippen molar-refractivity contribution in [1.29, 1.82) is 0 Å². The minimum absolute atomic E-state index is 0.0279. The van der Waals surface area contributed by atoms with Crippen LogP contribution in [-0.2, 0) is 24.0 Å². The molecule has 12 nitrogen and oxygen atoms in total. The van der Waals surface area contributed by atoms with Crippen LogP contribution in [0.1, 0.15) is 110 Å². The third-order valence-electron chi connectivity index (χ3n) is 11.9. The topological polar surface area (TPSA) is 167 Å². The molecule has 0 spiro atoms. The van der Waals surface area contributed by atoms with Crippen molar-refractivity contribution < 1.29 is 28.8 Å². The van der Waals surface area contributed by atoms with Crippen molar-refractivity contribution in [3.63, 3.8) is 0 Å². The highest BCUT2D eigenvalue weighted by Gasteiger charge is 2.49. The fourth-order valence-electron chi connectivity index (χ4n) is 8.34. The second-order valence-electron chi connectivity index (χ2n) is 17.6. The Bertz CT molecular complexity index is 1770. The molecule has 1 aromatic heterocycles. The van der Waals surface area contributed by atoms with Gasteiger partial charge in [-0.15, -0.1) is 6.58 Å². The first-order chi connectivity index (χ1) is 26.0. The smallest absolute Gasteiger partial charge is 0.289 e. The summed E-state index contributed by atoms with van der Waals surface area (Å²) in [6.45, 7) is 15.6. The number of para-hydroxylation sites is 1. The Hall–Kier alpha value is -4.61. The molecule has 2 saturated carbocycles. The first-order valence-corrected chi connectivity index (χ1v) is 20.0. The van der Waals surface area contributed by atoms with Gasteiger partial charge in [0.15, 0.2) is 0 Å². The van der Waals surface area contributed by atoms with Gasteiger partial charge in [-0.2, -0.15) is 0 Å². The Morgan fingerprint density at radius 2 is 1.67 bits per heavy atom. The van der Waals surface area contributed by atoms with Crippen LogP contribution in [0, 0.1) is 28.6 Å². The summed E-state index contributed by atoms with van der Waals surface area (Å²) in [5, 5.41) is 12.3. The van der Waals surface area contributed by atoms with Gasteiger partial charge in [0, 0.05) is 24.7 Å². The van der Waals surface area contributed by atoms with Crippen LogP contribution in [0.15, 0.2) is 49.2 Å². The maximum atomic E-state index is 14.8. The van der Waals surface area contributed by atoms with Gasteiger partial charge in [0.2, 0.25) is 23.5 Å². The lowest BCUT2D eigenvalue weighted by molar-refractivity contribution is -0.146. The molecule has 1 aromatic carbocycles. The van der Waals surface area contributed by atoms with Gasteiger partial charge in [0.05, 0.1) is 17.1 Å². The van der Waals surface area contributed by atoms with Crippen molar-refractivity contribution in [2.24, 2.45) is 28.6 Å². The molecule has 12 heteroatoms. The van der Waals surface area contributed by atoms with Gasteiger partial charge in [-0.25, -0.2) is 0 Å². The van der Waals surface area contributed by atoms with Crippen LogP contribution < -0.4 is 21.3 Å². The molecule has 2 heterocycles. The van der Waals surface area contributed by atoms with E-state index in [-0.39, 0.29) is 30.8 Å². The second kappa shape index (κ2) is 17.5. The Morgan fingerprint density at radius 1 is 0.982 bits per heavy atom. The average molecular weight is 757 g/mol. The van der Waals surface area contributed by atoms with E-state index in [1.165, 1.54) is 12.3 Å². The van der Waals surface area contributed by atoms with Crippen LogP contribution in [0.5, 0.6) is 0 Å². The highest BCUT2D eigenvalue weighted by atomic mass is 16.2. The predicted molar refractivity (Wildman–Crippen MR) is 212 cm³/mol. The van der Waals surface area contributed by atoms with E-state index in [2.05, 4.69) is 32.8 Å². The molecule has 1 saturated heterocycles. The van der Waals surface area contributed by atoms with Gasteiger partial charge >= 0.3 is 0 Å². The Labute approximate surface area is 325 Å². The van der Waals surface area contributed by atoms with Crippen LogP contribution in [0.25, 0.3) is 10.9 Å². The second-order valence-corrected chi connectivity index (χ2v) is 17.6. The molecule has 2 aliphatic carbocycles. The van der Waals surface area contributed by atoms with E-state index in [1.54, 1.807) is 11.0 Å². The lowest BCUT2D eigenvalue weighted by Gasteiger charge is -2.42. The van der Waals surface area contributed by atoms with Crippen LogP contribution in [-0.4, -0.2) is 82.5 Å². The summed E-state index contributed by atoms with van der Waals surface area (Å²) in [6.07, 6.45) is 10.1. The number of benzene rings is 1. The van der Waals surface area contributed by atoms with E-state index in [4.69, 9.17) is 0 Å². The highest BCUT2D eigenvalue weighted by Crippen LogP contribution is 2.40. The molecule has 4 N–H and O–H groups in total. The van der Waals surface area contributed by atoms with E-state index < -0.39 is 70.3 Å². The van der Waals surface area contributed by atoms with Gasteiger partial charge in [-0.3, -0.25) is 33.8 Å². The van der Waals surface area contributed by atoms with Crippen molar-refractivity contribution in [2.45, 2.75) is 123 Å². The van der Waals surface area contributed by atoms with Crippen molar-refractivity contribution in [3.05, 3.63) is 54.7 Å². The number of hydrogen-bond acceptors (Lipinski definition) is 7. The van der Waals surface area contributed by atoms with Crippen molar-refractivity contribution >= 4 is 46.2 Å². The Kier molecular flexibility index (Phi) is 13.2. The van der Waals surface area contributed by atoms with Crippen molar-refractivity contribution in [1.82, 2.24) is 31.2 Å². The lowest BCUT2D eigenvalue weighted by Crippen LogP contribution is -2.63. The van der Waals surface area contributed by atoms with E-state index >= 15 is 0 Å². The Balaban J connectivity index is 1.40. The fraction of sp³-hybridized carbons (Fsp3) is 0.605. The van der Waals surface area contributed by atoms with E-state index in [0.29, 0.717) is 18.4 Å². The zero-order chi connectivity index (χ0) is 40.1. The third-order valence-corrected chi connectivity index (χ3v) is 11.9. The number of amides is 5. The molecule has 1 unspecified atom stereocenters. The van der Waals surface area contributed by atoms with E-state index in [9.17, 15) is 28.8 Å². The van der Waals surface area contributed by atoms with Crippen molar-refractivity contribution in [2.75, 3.05) is 13.1 Å². The molecule has 5 rings (SSSR count). The molecule has 5 atom stereocenters. The molecule has 1 aliphatic heterocycles. The predicted octanol–water partition coefficient (Wildman–Crippen LogP) is 4.86. The molecule has 0 radical (unpaired) electrons. The quantitative estimate of drug-likeness (QED) is 0.149. The first kappa shape index (κ1) is 41.6. The molecule has 298 valence electrons. The van der Waals surface area contributed by atoms with Gasteiger partial charge in [0.1, 0.15) is 18.1 Å². The fourth-order valence-corrected chi connectivity index (χ4v) is 8.34. The monoisotopic (exact) mass is 756 g/mol. The highest BCUT2D eigenvalue weighted by molar-refractivity contribution is 6.38. The summed E-state index contributed by atoms with van der Waals surface area (Å²) in [7, 11) is 0. The number of carbonyl (C=O) groups is 6. The molecule has 3 aliphatic rings. The van der Waals surface area contributed by atoms with Crippen molar-refractivity contribution in [3.8, 4) is 0 Å². The minimum atomic E-state index is -1.04. The summed E-state index contributed by atoms with van der Waals surface area (Å²) >= 11 is 0. The molecular formula is C43H60N6O6. The number of nitrogens with one attached hydrogen (secondary N) is 4. The normalized spacial score (nSPS) is 21.3. The molecular weight excluding hydrogens is 697 g/mol. The van der Waals surface area contributed by atoms with Gasteiger partial charge < -0.3 is 26.2 Å². The Morgan fingerprint density at radius 3 is 2.31 bits per heavy atom. The number of Topliss-reactive ketones (excluding diaryl/α,β-unsaturated/α-hetero) is 1. The summed E-state index contributed by atoms with van der Waals surface area (Å²) < 4.78 is 0. The molecule has 55 heavy (non-hydrogen) atoms. The zero-order valence-corrected chi connectivity index (χ0v) is 33.4. The molecule has 2 aromatic rings. The summed E-state index contributed by atoms with van der Waals surface area (Å²) in [4.78, 5) is 89.4. The average Bonchev–Trinajstić information content (AvgIpc) is 3.86. The van der Waals surface area contributed by atoms with Crippen LogP contribution in [0.3, 0.4) is 0 Å². The lowest BCUT2D eigenvalue weighted by atomic mass is 9.70. The summed E-state index contributed by atoms with van der Waals surface area (Å²) in [5.41, 5.74) is -0.247. The maximum absolute atomic E-state index is 14.8. The third kappa shape index (κ3) is 9.99. The molecule has 0 bridgehead atoms. The number of carbonyl (C=O) groups excluding carboxylic acids is 6. The van der Waals surface area contributed by atoms with Gasteiger partial charge in [-0.05, 0) is 66.4 Å². The van der Waals surface area contributed by atoms with Crippen LogP contribution in [0.2, 0.25) is 0 Å². The number of likely N-dealkylation sites (tertiary alicyclic amines) is 1. The SMILES string of the molecule is C=CCNC(=O)C(=O)C(CC1CC1)NC(=O)[C@@H]1[C@@H](C(C)C)CCN1C(=O)[C@@H](NC(=O)[C@@H](NC(=O)c1cnc2ccccc2c1)C1(C)CCCCC1)C(C)(C)C. The number of nitrogens with zero attached hydrogens (tertiary/aromatic N) is 2. The summed E-state index contributed by atoms with van der Waals surface area (Å²) in [5.74, 6) is -3.22. The largest absolute Gasteiger partial charge is 0.346 e. The van der Waals surface area contributed by atoms with Crippen LogP contribution in [0.4, 0.5) is 0 Å². The number of fused-ring (bicyclic) bond motifs is 1. The number of hydrogen-bond donors (Lipinski definition) is 4. The summed E-state index contributed by atoms with van der Waals surface area (Å²) in [6, 6.07) is 5.36. The molecule has 3 fully saturated rings. The minimum Gasteiger partial charge on any atom is -0.346 e. The van der Waals surface area contributed by atoms with E-state index in [1.807, 2.05) is 65.8 Å². The number of ketones is 1. The standard InChI is InChI=1S/C43H60N6O6/c1-8-21-44-39(53)34(50)32(23-27-16-17-27)46-38(52)33-30(26(2)3)18-22-49(33)41(55)36(42(4,5)6)48-40(54)35(43(7)19-12-9-13-20-43)47-37(51)29-24-28-14-10-11-15-31(28)45-25-29/h8,10-11,14-15,24-27,30,32-33,35-36H,1,9,12-13,16-23H2,2-7H3,(H,44,53)(H,46,52)(H,47,51)(H,48,54)/t30-,32?,33+,35-,36-/m1/s1.